The first-order valence-corrected chi connectivity index (χ1v) is 25.9. The summed E-state index contributed by atoms with van der Waals surface area (Å²) >= 11 is 0. The summed E-state index contributed by atoms with van der Waals surface area (Å²) < 4.78 is 41.6. The lowest BCUT2D eigenvalue weighted by molar-refractivity contribution is -0.347. The standard InChI is InChI=1S/C51H84O21/c1-23(2)10-9-14-51(8,72-46-43(65)38(60)35(57)26(20-52)68-46)24-11-16-50(7)34(24)25(53)18-30-48(5)15-13-31(47(3,4)29(48)12-17-49(30,50)6)71-45-42(64)40(62)37(59)28(70-45)22-67-44-41(63)39(61)36(58)27(69-44)21-66-33(56)19-32(54)55/h10,24-31,34-46,52-53,57-65H,9,11-22H2,1-8H3,(H,54,55)/t24-,25+,26+,27+,28+,29-,30+,31-,34-,35+,36+,37+,38-,39-,40-,41+,42+,43+,44+,45-,46-,48-,49+,50+,51-/m0/s1. The fourth-order valence-electron chi connectivity index (χ4n) is 15.1. The number of hydrogen-bond donors (Lipinski definition) is 12. The minimum Gasteiger partial charge on any atom is -0.481 e. The number of aliphatic hydroxyl groups excluding tert-OH is 11. The molecule has 25 atom stereocenters. The Morgan fingerprint density at radius 1 is 0.667 bits per heavy atom. The zero-order valence-electron chi connectivity index (χ0n) is 42.9. The number of carboxylic acids is 1. The van der Waals surface area contributed by atoms with Crippen molar-refractivity contribution >= 4 is 11.9 Å². The van der Waals surface area contributed by atoms with Crippen molar-refractivity contribution in [1.29, 1.82) is 0 Å². The van der Waals surface area contributed by atoms with Gasteiger partial charge in [0.05, 0.1) is 31.0 Å². The highest BCUT2D eigenvalue weighted by Gasteiger charge is 2.72. The number of allylic oxidation sites excluding steroid dienone is 2. The molecule has 0 amide bonds. The highest BCUT2D eigenvalue weighted by molar-refractivity contribution is 5.90. The Hall–Kier alpha value is -2.00. The Kier molecular flexibility index (Phi) is 17.5. The summed E-state index contributed by atoms with van der Waals surface area (Å²) in [5.41, 5.74) is -1.20. The van der Waals surface area contributed by atoms with Crippen LogP contribution in [-0.2, 0) is 42.7 Å². The van der Waals surface area contributed by atoms with Gasteiger partial charge in [0.25, 0.3) is 0 Å². The Morgan fingerprint density at radius 2 is 1.22 bits per heavy atom. The summed E-state index contributed by atoms with van der Waals surface area (Å²) in [6.07, 6.45) is -17.5. The highest BCUT2D eigenvalue weighted by Crippen LogP contribution is 2.76. The van der Waals surface area contributed by atoms with Crippen LogP contribution in [0.1, 0.15) is 120 Å². The van der Waals surface area contributed by atoms with Crippen molar-refractivity contribution in [2.45, 2.75) is 230 Å². The van der Waals surface area contributed by atoms with E-state index in [1.807, 2.05) is 20.8 Å². The van der Waals surface area contributed by atoms with E-state index in [0.717, 1.165) is 31.3 Å². The van der Waals surface area contributed by atoms with Crippen LogP contribution >= 0.6 is 0 Å². The first-order valence-electron chi connectivity index (χ1n) is 25.9. The number of carbonyl (C=O) groups excluding carboxylic acids is 1. The Bertz CT molecular complexity index is 1920. The summed E-state index contributed by atoms with van der Waals surface area (Å²) in [6, 6.07) is 0. The average Bonchev–Trinajstić information content (AvgIpc) is 3.70. The zero-order chi connectivity index (χ0) is 53.2. The maximum absolute atomic E-state index is 12.7. The molecule has 7 rings (SSSR count). The molecule has 0 radical (unpaired) electrons. The molecule has 72 heavy (non-hydrogen) atoms. The van der Waals surface area contributed by atoms with E-state index >= 15 is 0 Å². The van der Waals surface area contributed by atoms with Crippen molar-refractivity contribution in [3.05, 3.63) is 11.6 Å². The van der Waals surface area contributed by atoms with Gasteiger partial charge in [-0.2, -0.15) is 0 Å². The molecular formula is C51H84O21. The SMILES string of the molecule is CC(C)=CCC[C@](C)(O[C@@H]1O[C@H](CO)[C@@H](O)[C@H](O)[C@H]1O)[C@H]1CC[C@]2(C)[C@@H]1[C@H](O)C[C@@H]1[C@@]3(C)CC[C@H](O[C@@H]4O[C@H](CO[C@@H]5O[C@H](COC(=O)CC(=O)O)[C@@H](O)[C@H](O)[C@H]5O)[C@@H](O)[C@H](O)[C@H]4O)C(C)(C)[C@@H]3CC[C@]12C. The van der Waals surface area contributed by atoms with Crippen LogP contribution in [0.2, 0.25) is 0 Å². The maximum Gasteiger partial charge on any atom is 0.317 e. The fourth-order valence-corrected chi connectivity index (χ4v) is 15.1. The van der Waals surface area contributed by atoms with Crippen molar-refractivity contribution in [1.82, 2.24) is 0 Å². The van der Waals surface area contributed by atoms with Crippen LogP contribution in [0.3, 0.4) is 0 Å². The van der Waals surface area contributed by atoms with Gasteiger partial charge in [0.2, 0.25) is 0 Å². The lowest BCUT2D eigenvalue weighted by atomic mass is 9.35. The van der Waals surface area contributed by atoms with E-state index in [4.69, 9.17) is 38.3 Å². The molecule has 0 unspecified atom stereocenters. The number of aliphatic carboxylic acids is 1. The molecule has 0 bridgehead atoms. The molecule has 3 heterocycles. The van der Waals surface area contributed by atoms with Crippen LogP contribution in [0.4, 0.5) is 0 Å². The monoisotopic (exact) mass is 1030 g/mol. The van der Waals surface area contributed by atoms with Crippen LogP contribution < -0.4 is 0 Å². The summed E-state index contributed by atoms with van der Waals surface area (Å²) in [7, 11) is 0. The second-order valence-corrected chi connectivity index (χ2v) is 24.0. The maximum atomic E-state index is 12.7. The van der Waals surface area contributed by atoms with E-state index in [2.05, 4.69) is 40.7 Å². The minimum atomic E-state index is -1.84. The average molecular weight is 1030 g/mol. The predicted octanol–water partition coefficient (Wildman–Crippen LogP) is -0.00120. The van der Waals surface area contributed by atoms with Gasteiger partial charge in [0.1, 0.15) is 86.3 Å². The van der Waals surface area contributed by atoms with E-state index in [9.17, 15) is 65.8 Å². The number of fused-ring (bicyclic) bond motifs is 5. The first-order chi connectivity index (χ1) is 33.6. The van der Waals surface area contributed by atoms with Crippen LogP contribution in [-0.4, -0.2) is 203 Å². The van der Waals surface area contributed by atoms with Crippen LogP contribution in [0, 0.1) is 45.3 Å². The fraction of sp³-hybridized carbons (Fsp3) is 0.922. The minimum absolute atomic E-state index is 0.0775. The van der Waals surface area contributed by atoms with Crippen LogP contribution in [0.5, 0.6) is 0 Å². The third-order valence-corrected chi connectivity index (χ3v) is 19.3. The Balaban J connectivity index is 1.05. The topological polar surface area (TPSA) is 342 Å². The smallest absolute Gasteiger partial charge is 0.317 e. The summed E-state index contributed by atoms with van der Waals surface area (Å²) in [4.78, 5) is 22.7. The number of rotatable bonds is 16. The molecule has 4 saturated carbocycles. The van der Waals surface area contributed by atoms with Gasteiger partial charge in [0.15, 0.2) is 18.9 Å². The molecule has 21 heteroatoms. The number of carboxylic acid groups (broad SMARTS) is 1. The van der Waals surface area contributed by atoms with Crippen LogP contribution in [0.25, 0.3) is 0 Å². The molecule has 12 N–H and O–H groups in total. The second kappa shape index (κ2) is 21.8. The van der Waals surface area contributed by atoms with Crippen molar-refractivity contribution in [2.75, 3.05) is 19.8 Å². The van der Waals surface area contributed by atoms with Crippen LogP contribution in [0.15, 0.2) is 11.6 Å². The highest BCUT2D eigenvalue weighted by atomic mass is 16.7. The number of esters is 1. The largest absolute Gasteiger partial charge is 0.481 e. The third kappa shape index (κ3) is 10.4. The number of hydrogen-bond acceptors (Lipinski definition) is 20. The normalized spacial score (nSPS) is 48.8. The van der Waals surface area contributed by atoms with E-state index in [1.165, 1.54) is 0 Å². The van der Waals surface area contributed by atoms with Crippen molar-refractivity contribution in [3.8, 4) is 0 Å². The quantitative estimate of drug-likeness (QED) is 0.0419. The molecule has 7 fully saturated rings. The molecule has 21 nitrogen and oxygen atoms in total. The van der Waals surface area contributed by atoms with Gasteiger partial charge < -0.3 is 94.4 Å². The molecule has 0 spiro atoms. The molecule has 0 aromatic heterocycles. The van der Waals surface area contributed by atoms with Gasteiger partial charge >= 0.3 is 11.9 Å². The van der Waals surface area contributed by atoms with E-state index in [-0.39, 0.29) is 39.9 Å². The summed E-state index contributed by atoms with van der Waals surface area (Å²) in [6.45, 7) is 15.5. The summed E-state index contributed by atoms with van der Waals surface area (Å²) in [5.74, 6) is -2.78. The van der Waals surface area contributed by atoms with Gasteiger partial charge in [-0.3, -0.25) is 9.59 Å². The molecule has 0 aromatic rings. The molecule has 3 aliphatic heterocycles. The molecule has 0 aromatic carbocycles. The van der Waals surface area contributed by atoms with Gasteiger partial charge in [-0.05, 0) is 124 Å². The van der Waals surface area contributed by atoms with E-state index < -0.39 is 154 Å². The zero-order valence-corrected chi connectivity index (χ0v) is 42.9. The second-order valence-electron chi connectivity index (χ2n) is 24.0. The van der Waals surface area contributed by atoms with Gasteiger partial charge in [-0.1, -0.05) is 46.3 Å². The molecule has 7 aliphatic rings. The molecule has 4 aliphatic carbocycles. The summed E-state index contributed by atoms with van der Waals surface area (Å²) in [5, 5.41) is 129. The first kappa shape index (κ1) is 57.7. The molecule has 414 valence electrons. The third-order valence-electron chi connectivity index (χ3n) is 19.3. The number of ether oxygens (including phenoxy) is 7. The van der Waals surface area contributed by atoms with Gasteiger partial charge in [0, 0.05) is 0 Å². The predicted molar refractivity (Wildman–Crippen MR) is 250 cm³/mol. The van der Waals surface area contributed by atoms with E-state index in [1.54, 1.807) is 0 Å². The Labute approximate surface area is 421 Å². The van der Waals surface area contributed by atoms with Crippen molar-refractivity contribution < 1.29 is 104 Å². The van der Waals surface area contributed by atoms with Gasteiger partial charge in [-0.15, -0.1) is 0 Å². The lowest BCUT2D eigenvalue weighted by Gasteiger charge is -2.71. The molecule has 3 saturated heterocycles. The van der Waals surface area contributed by atoms with Gasteiger partial charge in [-0.25, -0.2) is 0 Å². The lowest BCUT2D eigenvalue weighted by Crippen LogP contribution is -2.67. The Morgan fingerprint density at radius 3 is 1.83 bits per heavy atom. The van der Waals surface area contributed by atoms with Crippen molar-refractivity contribution in [2.24, 2.45) is 45.3 Å². The van der Waals surface area contributed by atoms with E-state index in [0.29, 0.717) is 32.1 Å². The van der Waals surface area contributed by atoms with Crippen molar-refractivity contribution in [3.63, 3.8) is 0 Å². The number of aliphatic hydroxyl groups is 11. The molecular weight excluding hydrogens is 949 g/mol. The number of carbonyl (C=O) groups is 2.